The first kappa shape index (κ1) is 18.0. The van der Waals surface area contributed by atoms with Gasteiger partial charge >= 0.3 is 5.97 Å². The molecule has 0 fully saturated rings. The minimum atomic E-state index is -0.686. The van der Waals surface area contributed by atoms with E-state index in [0.717, 1.165) is 5.56 Å². The van der Waals surface area contributed by atoms with Gasteiger partial charge in [0.2, 0.25) is 11.7 Å². The van der Waals surface area contributed by atoms with E-state index in [0.29, 0.717) is 16.6 Å². The Morgan fingerprint density at radius 1 is 1.23 bits per heavy atom. The number of esters is 1. The van der Waals surface area contributed by atoms with Gasteiger partial charge in [-0.05, 0) is 22.9 Å². The molecule has 0 unspecified atom stereocenters. The van der Waals surface area contributed by atoms with Crippen LogP contribution in [0.1, 0.15) is 22.0 Å². The summed E-state index contributed by atoms with van der Waals surface area (Å²) in [4.78, 5) is 39.6. The number of amides is 2. The molecule has 1 N–H and O–H groups in total. The van der Waals surface area contributed by atoms with Gasteiger partial charge in [0.1, 0.15) is 0 Å². The fourth-order valence-electron chi connectivity index (χ4n) is 1.92. The predicted molar refractivity (Wildman–Crippen MR) is 93.7 cm³/mol. The highest BCUT2D eigenvalue weighted by Gasteiger charge is 2.15. The molecular formula is C16H13N3O5S2. The van der Waals surface area contributed by atoms with Gasteiger partial charge in [-0.15, -0.1) is 11.3 Å². The average molecular weight is 391 g/mol. The highest BCUT2D eigenvalue weighted by molar-refractivity contribution is 7.12. The third kappa shape index (κ3) is 4.83. The molecule has 3 rings (SSSR count). The van der Waals surface area contributed by atoms with E-state index in [-0.39, 0.29) is 12.8 Å². The molecule has 26 heavy (non-hydrogen) atoms. The maximum atomic E-state index is 11.7. The van der Waals surface area contributed by atoms with Crippen molar-refractivity contribution in [1.29, 1.82) is 0 Å². The van der Waals surface area contributed by atoms with Gasteiger partial charge in [-0.25, -0.2) is 0 Å². The summed E-state index contributed by atoms with van der Waals surface area (Å²) in [6, 6.07) is 5.16. The number of imide groups is 1. The Kier molecular flexibility index (Phi) is 5.87. The molecule has 0 radical (unpaired) electrons. The van der Waals surface area contributed by atoms with Crippen molar-refractivity contribution in [2.24, 2.45) is 0 Å². The number of rotatable bonds is 7. The van der Waals surface area contributed by atoms with E-state index < -0.39 is 24.4 Å². The Balaban J connectivity index is 1.39. The van der Waals surface area contributed by atoms with E-state index in [1.54, 1.807) is 17.5 Å². The molecule has 134 valence electrons. The second-order valence-corrected chi connectivity index (χ2v) is 6.77. The summed E-state index contributed by atoms with van der Waals surface area (Å²) in [5.74, 6) is -1.04. The third-order valence-electron chi connectivity index (χ3n) is 3.15. The number of hydrogen-bond acceptors (Lipinski definition) is 9. The van der Waals surface area contributed by atoms with E-state index in [9.17, 15) is 14.4 Å². The van der Waals surface area contributed by atoms with E-state index in [2.05, 4.69) is 15.5 Å². The molecular weight excluding hydrogens is 378 g/mol. The van der Waals surface area contributed by atoms with Crippen LogP contribution in [0.25, 0.3) is 11.4 Å². The van der Waals surface area contributed by atoms with Crippen LogP contribution in [-0.2, 0) is 20.7 Å². The molecule has 0 saturated heterocycles. The number of carbonyl (C=O) groups is 3. The van der Waals surface area contributed by atoms with Crippen LogP contribution in [0.3, 0.4) is 0 Å². The van der Waals surface area contributed by atoms with Crippen molar-refractivity contribution in [3.8, 4) is 11.4 Å². The molecule has 3 aromatic rings. The fraction of sp³-hybridized carbons (Fsp3) is 0.188. The molecule has 0 aromatic carbocycles. The lowest BCUT2D eigenvalue weighted by Gasteiger charge is -2.04. The van der Waals surface area contributed by atoms with E-state index in [1.165, 1.54) is 22.7 Å². The average Bonchev–Trinajstić information content (AvgIpc) is 3.39. The van der Waals surface area contributed by atoms with Crippen LogP contribution in [0.15, 0.2) is 38.9 Å². The standard InChI is InChI=1S/C16H13N3O5S2/c20-12(17-16(22)11-2-1-6-26-11)8-23-14(21)4-3-13-18-15(19-24-13)10-5-7-25-9-10/h1-2,5-7,9H,3-4,8H2,(H,17,20,22). The molecule has 0 atom stereocenters. The van der Waals surface area contributed by atoms with Crippen molar-refractivity contribution < 1.29 is 23.6 Å². The first-order valence-corrected chi connectivity index (χ1v) is 9.32. The zero-order valence-corrected chi connectivity index (χ0v) is 15.0. The number of thiophene rings is 2. The highest BCUT2D eigenvalue weighted by Crippen LogP contribution is 2.19. The molecule has 0 aliphatic heterocycles. The minimum Gasteiger partial charge on any atom is -0.456 e. The van der Waals surface area contributed by atoms with Crippen LogP contribution in [0, 0.1) is 0 Å². The Morgan fingerprint density at radius 2 is 2.12 bits per heavy atom. The molecule has 0 spiro atoms. The van der Waals surface area contributed by atoms with Gasteiger partial charge in [-0.1, -0.05) is 11.2 Å². The number of aryl methyl sites for hydroxylation is 1. The van der Waals surface area contributed by atoms with E-state index in [4.69, 9.17) is 9.26 Å². The van der Waals surface area contributed by atoms with E-state index in [1.807, 2.05) is 16.8 Å². The summed E-state index contributed by atoms with van der Waals surface area (Å²) in [6.45, 7) is -0.528. The van der Waals surface area contributed by atoms with Gasteiger partial charge in [-0.3, -0.25) is 19.7 Å². The smallest absolute Gasteiger partial charge is 0.306 e. The molecule has 0 bridgehead atoms. The Hall–Kier alpha value is -2.85. The normalized spacial score (nSPS) is 10.5. The molecule has 2 amide bonds. The summed E-state index contributed by atoms with van der Waals surface area (Å²) >= 11 is 2.73. The zero-order valence-electron chi connectivity index (χ0n) is 13.3. The summed E-state index contributed by atoms with van der Waals surface area (Å²) < 4.78 is 9.91. The molecule has 8 nitrogen and oxygen atoms in total. The maximum Gasteiger partial charge on any atom is 0.306 e. The van der Waals surface area contributed by atoms with Crippen molar-refractivity contribution in [1.82, 2.24) is 15.5 Å². The topological polar surface area (TPSA) is 111 Å². The van der Waals surface area contributed by atoms with Gasteiger partial charge in [0.15, 0.2) is 6.61 Å². The van der Waals surface area contributed by atoms with Crippen LogP contribution >= 0.6 is 22.7 Å². The van der Waals surface area contributed by atoms with Crippen LogP contribution in [0.5, 0.6) is 0 Å². The molecule has 3 aromatic heterocycles. The lowest BCUT2D eigenvalue weighted by Crippen LogP contribution is -2.33. The SMILES string of the molecule is O=C(COC(=O)CCc1nc(-c2ccsc2)no1)NC(=O)c1cccs1. The van der Waals surface area contributed by atoms with Gasteiger partial charge in [-0.2, -0.15) is 16.3 Å². The number of nitrogens with one attached hydrogen (secondary N) is 1. The molecule has 0 saturated carbocycles. The second-order valence-electron chi connectivity index (χ2n) is 5.04. The fourth-order valence-corrected chi connectivity index (χ4v) is 3.18. The van der Waals surface area contributed by atoms with Crippen molar-refractivity contribution in [3.05, 3.63) is 45.1 Å². The number of hydrogen-bond donors (Lipinski definition) is 1. The number of aromatic nitrogens is 2. The van der Waals surface area contributed by atoms with Crippen molar-refractivity contribution in [2.45, 2.75) is 12.8 Å². The minimum absolute atomic E-state index is 0.0164. The molecule has 0 aliphatic rings. The highest BCUT2D eigenvalue weighted by atomic mass is 32.1. The third-order valence-corrected chi connectivity index (χ3v) is 4.70. The van der Waals surface area contributed by atoms with Gasteiger partial charge in [0.05, 0.1) is 11.3 Å². The van der Waals surface area contributed by atoms with Crippen molar-refractivity contribution >= 4 is 40.5 Å². The monoisotopic (exact) mass is 391 g/mol. The maximum absolute atomic E-state index is 11.7. The van der Waals surface area contributed by atoms with Gasteiger partial charge < -0.3 is 9.26 Å². The summed E-state index contributed by atoms with van der Waals surface area (Å²) in [7, 11) is 0. The Morgan fingerprint density at radius 3 is 2.85 bits per heavy atom. The van der Waals surface area contributed by atoms with Crippen LogP contribution in [0.4, 0.5) is 0 Å². The largest absolute Gasteiger partial charge is 0.456 e. The summed E-state index contributed by atoms with van der Waals surface area (Å²) in [5, 5.41) is 11.5. The van der Waals surface area contributed by atoms with Gasteiger partial charge in [0, 0.05) is 17.4 Å². The number of nitrogens with zero attached hydrogens (tertiary/aromatic N) is 2. The number of carbonyl (C=O) groups excluding carboxylic acids is 3. The first-order valence-electron chi connectivity index (χ1n) is 7.50. The van der Waals surface area contributed by atoms with E-state index >= 15 is 0 Å². The van der Waals surface area contributed by atoms with Crippen molar-refractivity contribution in [3.63, 3.8) is 0 Å². The number of ether oxygens (including phenoxy) is 1. The van der Waals surface area contributed by atoms with Crippen LogP contribution < -0.4 is 5.32 Å². The zero-order chi connectivity index (χ0) is 18.4. The van der Waals surface area contributed by atoms with Gasteiger partial charge in [0.25, 0.3) is 11.8 Å². The van der Waals surface area contributed by atoms with Crippen LogP contribution in [-0.4, -0.2) is 34.5 Å². The van der Waals surface area contributed by atoms with Crippen LogP contribution in [0.2, 0.25) is 0 Å². The lowest BCUT2D eigenvalue weighted by atomic mass is 10.3. The quantitative estimate of drug-likeness (QED) is 0.615. The lowest BCUT2D eigenvalue weighted by molar-refractivity contribution is -0.148. The molecule has 10 heteroatoms. The second kappa shape index (κ2) is 8.50. The summed E-state index contributed by atoms with van der Waals surface area (Å²) in [6.07, 6.45) is 0.184. The van der Waals surface area contributed by atoms with Crippen molar-refractivity contribution in [2.75, 3.05) is 6.61 Å². The molecule has 0 aliphatic carbocycles. The molecule has 3 heterocycles. The first-order chi connectivity index (χ1) is 12.6. The predicted octanol–water partition coefficient (Wildman–Crippen LogP) is 2.29. The summed E-state index contributed by atoms with van der Waals surface area (Å²) in [5.41, 5.74) is 0.847. The Labute approximate surface area is 155 Å². The Bertz CT molecular complexity index is 887.